The summed E-state index contributed by atoms with van der Waals surface area (Å²) in [6.07, 6.45) is 4.27. The quantitative estimate of drug-likeness (QED) is 0.478. The molecule has 2 aliphatic rings. The van der Waals surface area contributed by atoms with E-state index in [1.807, 2.05) is 0 Å². The molecule has 2 rings (SSSR count). The Morgan fingerprint density at radius 2 is 1.83 bits per heavy atom. The summed E-state index contributed by atoms with van der Waals surface area (Å²) in [7, 11) is 0. The summed E-state index contributed by atoms with van der Waals surface area (Å²) in [5.74, 6) is 1.94. The van der Waals surface area contributed by atoms with E-state index in [4.69, 9.17) is 0 Å². The van der Waals surface area contributed by atoms with Crippen LogP contribution in [0.15, 0.2) is 11.1 Å². The maximum atomic E-state index is 2.42. The Bertz CT molecular complexity index is 232. The van der Waals surface area contributed by atoms with E-state index < -0.39 is 0 Å². The number of rotatable bonds is 0. The lowest BCUT2D eigenvalue weighted by atomic mass is 9.88. The Morgan fingerprint density at radius 3 is 2.42 bits per heavy atom. The maximum absolute atomic E-state index is 2.42. The minimum atomic E-state index is 0.622. The molecule has 2 atom stereocenters. The number of hydrogen-bond donors (Lipinski definition) is 0. The molecule has 0 unspecified atom stereocenters. The molecule has 2 aliphatic carbocycles. The lowest BCUT2D eigenvalue weighted by Crippen LogP contribution is -2.06. The van der Waals surface area contributed by atoms with E-state index in [1.54, 1.807) is 11.1 Å². The average molecular weight is 164 g/mol. The van der Waals surface area contributed by atoms with Gasteiger partial charge in [-0.1, -0.05) is 25.0 Å². The van der Waals surface area contributed by atoms with E-state index >= 15 is 0 Å². The predicted octanol–water partition coefficient (Wildman–Crippen LogP) is 3.78. The van der Waals surface area contributed by atoms with Crippen molar-refractivity contribution in [2.24, 2.45) is 17.3 Å². The van der Waals surface area contributed by atoms with Crippen LogP contribution < -0.4 is 0 Å². The third-order valence-electron chi connectivity index (χ3n) is 3.95. The molecule has 0 amide bonds. The van der Waals surface area contributed by atoms with E-state index in [0.717, 1.165) is 11.8 Å². The molecular weight excluding hydrogens is 144 g/mol. The lowest BCUT2D eigenvalue weighted by Gasteiger charge is -2.18. The Labute approximate surface area is 76.1 Å². The predicted molar refractivity (Wildman–Crippen MR) is 53.0 cm³/mol. The minimum absolute atomic E-state index is 0.622. The van der Waals surface area contributed by atoms with Crippen LogP contribution in [0.2, 0.25) is 0 Å². The molecule has 0 aromatic rings. The largest absolute Gasteiger partial charge is 0.0738 e. The van der Waals surface area contributed by atoms with Crippen LogP contribution in [0.4, 0.5) is 0 Å². The zero-order valence-electron chi connectivity index (χ0n) is 8.78. The molecule has 68 valence electrons. The minimum Gasteiger partial charge on any atom is -0.0738 e. The molecule has 0 heteroatoms. The molecule has 0 radical (unpaired) electrons. The maximum Gasteiger partial charge on any atom is -0.0167 e. The summed E-state index contributed by atoms with van der Waals surface area (Å²) < 4.78 is 0. The Hall–Kier alpha value is -0.260. The summed E-state index contributed by atoms with van der Waals surface area (Å²) in [6, 6.07) is 0. The Morgan fingerprint density at radius 1 is 1.17 bits per heavy atom. The first-order valence-corrected chi connectivity index (χ1v) is 5.16. The van der Waals surface area contributed by atoms with Gasteiger partial charge in [-0.2, -0.15) is 0 Å². The van der Waals surface area contributed by atoms with Gasteiger partial charge >= 0.3 is 0 Å². The second-order valence-electron chi connectivity index (χ2n) is 5.61. The van der Waals surface area contributed by atoms with E-state index in [9.17, 15) is 0 Å². The van der Waals surface area contributed by atoms with E-state index in [-0.39, 0.29) is 0 Å². The molecular formula is C12H20. The van der Waals surface area contributed by atoms with E-state index in [0.29, 0.717) is 5.41 Å². The van der Waals surface area contributed by atoms with Crippen molar-refractivity contribution in [2.75, 3.05) is 0 Å². The second kappa shape index (κ2) is 2.37. The molecule has 0 saturated heterocycles. The van der Waals surface area contributed by atoms with Crippen molar-refractivity contribution < 1.29 is 0 Å². The first kappa shape index (κ1) is 8.34. The zero-order chi connectivity index (χ0) is 8.93. The zero-order valence-corrected chi connectivity index (χ0v) is 8.78. The molecule has 12 heavy (non-hydrogen) atoms. The van der Waals surface area contributed by atoms with E-state index in [1.165, 1.54) is 19.3 Å². The van der Waals surface area contributed by atoms with Gasteiger partial charge in [0, 0.05) is 0 Å². The fourth-order valence-corrected chi connectivity index (χ4v) is 3.29. The van der Waals surface area contributed by atoms with Gasteiger partial charge in [-0.3, -0.25) is 0 Å². The molecule has 0 aromatic carbocycles. The smallest absolute Gasteiger partial charge is 0.0167 e. The number of allylic oxidation sites excluding steroid dienone is 2. The van der Waals surface area contributed by atoms with Gasteiger partial charge in [0.2, 0.25) is 0 Å². The van der Waals surface area contributed by atoms with Gasteiger partial charge in [0.25, 0.3) is 0 Å². The first-order chi connectivity index (χ1) is 5.49. The first-order valence-electron chi connectivity index (χ1n) is 5.16. The number of fused-ring (bicyclic) bond motifs is 1. The molecule has 0 spiro atoms. The molecule has 0 bridgehead atoms. The second-order valence-corrected chi connectivity index (χ2v) is 5.61. The van der Waals surface area contributed by atoms with Crippen molar-refractivity contribution in [3.63, 3.8) is 0 Å². The van der Waals surface area contributed by atoms with Gasteiger partial charge in [-0.05, 0) is 50.4 Å². The van der Waals surface area contributed by atoms with Crippen LogP contribution in [-0.2, 0) is 0 Å². The molecule has 1 saturated carbocycles. The van der Waals surface area contributed by atoms with Crippen LogP contribution in [0.3, 0.4) is 0 Å². The highest BCUT2D eigenvalue weighted by atomic mass is 14.5. The van der Waals surface area contributed by atoms with Crippen LogP contribution in [0, 0.1) is 17.3 Å². The Kier molecular flexibility index (Phi) is 1.65. The molecule has 0 heterocycles. The summed E-state index contributed by atoms with van der Waals surface area (Å²) in [6.45, 7) is 9.52. The van der Waals surface area contributed by atoms with Crippen molar-refractivity contribution in [2.45, 2.75) is 47.0 Å². The SMILES string of the molecule is CC1=C(C)[C@H]2CC(C)(C)C[C@H]2C1. The summed E-state index contributed by atoms with van der Waals surface area (Å²) in [5, 5.41) is 0. The van der Waals surface area contributed by atoms with Crippen molar-refractivity contribution >= 4 is 0 Å². The molecule has 0 aromatic heterocycles. The van der Waals surface area contributed by atoms with Crippen molar-refractivity contribution in [3.8, 4) is 0 Å². The van der Waals surface area contributed by atoms with Crippen LogP contribution in [0.1, 0.15) is 47.0 Å². The lowest BCUT2D eigenvalue weighted by molar-refractivity contribution is 0.357. The van der Waals surface area contributed by atoms with Gasteiger partial charge in [0.15, 0.2) is 0 Å². The summed E-state index contributed by atoms with van der Waals surface area (Å²) >= 11 is 0. The van der Waals surface area contributed by atoms with Crippen molar-refractivity contribution in [1.29, 1.82) is 0 Å². The highest BCUT2D eigenvalue weighted by Crippen LogP contribution is 2.54. The molecule has 1 fully saturated rings. The van der Waals surface area contributed by atoms with Crippen molar-refractivity contribution in [1.82, 2.24) is 0 Å². The summed E-state index contributed by atoms with van der Waals surface area (Å²) in [4.78, 5) is 0. The normalized spacial score (nSPS) is 39.0. The number of hydrogen-bond acceptors (Lipinski definition) is 0. The fraction of sp³-hybridized carbons (Fsp3) is 0.833. The van der Waals surface area contributed by atoms with Crippen LogP contribution in [-0.4, -0.2) is 0 Å². The van der Waals surface area contributed by atoms with Gasteiger partial charge in [-0.15, -0.1) is 0 Å². The van der Waals surface area contributed by atoms with Gasteiger partial charge in [0.1, 0.15) is 0 Å². The standard InChI is InChI=1S/C12H20/c1-8-5-10-6-12(3,4)7-11(10)9(8)2/h10-11H,5-7H2,1-4H3/t10-,11-/m1/s1. The van der Waals surface area contributed by atoms with Crippen LogP contribution in [0.25, 0.3) is 0 Å². The van der Waals surface area contributed by atoms with Gasteiger partial charge in [-0.25, -0.2) is 0 Å². The van der Waals surface area contributed by atoms with E-state index in [2.05, 4.69) is 27.7 Å². The Balaban J connectivity index is 2.21. The topological polar surface area (TPSA) is 0 Å². The van der Waals surface area contributed by atoms with Gasteiger partial charge < -0.3 is 0 Å². The molecule has 0 N–H and O–H groups in total. The average Bonchev–Trinajstić information content (AvgIpc) is 2.33. The monoisotopic (exact) mass is 164 g/mol. The third kappa shape index (κ3) is 1.12. The van der Waals surface area contributed by atoms with Crippen LogP contribution in [0.5, 0.6) is 0 Å². The fourth-order valence-electron chi connectivity index (χ4n) is 3.29. The molecule has 0 nitrogen and oxygen atoms in total. The highest BCUT2D eigenvalue weighted by molar-refractivity contribution is 5.24. The van der Waals surface area contributed by atoms with Gasteiger partial charge in [0.05, 0.1) is 0 Å². The summed E-state index contributed by atoms with van der Waals surface area (Å²) in [5.41, 5.74) is 4.02. The molecule has 0 aliphatic heterocycles. The highest BCUT2D eigenvalue weighted by Gasteiger charge is 2.42. The van der Waals surface area contributed by atoms with Crippen molar-refractivity contribution in [3.05, 3.63) is 11.1 Å². The third-order valence-corrected chi connectivity index (χ3v) is 3.95. The van der Waals surface area contributed by atoms with Crippen LogP contribution >= 0.6 is 0 Å².